The van der Waals surface area contributed by atoms with Crippen molar-refractivity contribution in [3.8, 4) is 11.5 Å². The van der Waals surface area contributed by atoms with Crippen molar-refractivity contribution in [2.75, 3.05) is 32.6 Å². The molecule has 0 aliphatic carbocycles. The summed E-state index contributed by atoms with van der Waals surface area (Å²) >= 11 is 0. The lowest BCUT2D eigenvalue weighted by atomic mass is 10.1. The van der Waals surface area contributed by atoms with Gasteiger partial charge in [-0.3, -0.25) is 4.99 Å². The number of hydrogen-bond donors (Lipinski definition) is 2. The van der Waals surface area contributed by atoms with Crippen molar-refractivity contribution < 1.29 is 13.9 Å². The Labute approximate surface area is 147 Å². The molecule has 134 valence electrons. The lowest BCUT2D eigenvalue weighted by Crippen LogP contribution is -2.30. The third-order valence-corrected chi connectivity index (χ3v) is 3.60. The summed E-state index contributed by atoms with van der Waals surface area (Å²) in [6.07, 6.45) is 0.537. The van der Waals surface area contributed by atoms with Gasteiger partial charge in [-0.1, -0.05) is 18.2 Å². The van der Waals surface area contributed by atoms with E-state index in [2.05, 4.69) is 15.6 Å². The van der Waals surface area contributed by atoms with E-state index in [1.807, 2.05) is 31.2 Å². The van der Waals surface area contributed by atoms with Crippen LogP contribution in [-0.2, 0) is 6.42 Å². The fourth-order valence-electron chi connectivity index (χ4n) is 2.35. The van der Waals surface area contributed by atoms with Crippen molar-refractivity contribution in [1.29, 1.82) is 0 Å². The molecule has 0 saturated heterocycles. The molecule has 0 radical (unpaired) electrons. The Hall–Kier alpha value is -2.76. The van der Waals surface area contributed by atoms with Crippen molar-refractivity contribution in [2.24, 2.45) is 4.99 Å². The summed E-state index contributed by atoms with van der Waals surface area (Å²) in [6.45, 7) is 3.19. The average molecular weight is 345 g/mol. The minimum atomic E-state index is -0.199. The van der Waals surface area contributed by atoms with Crippen LogP contribution in [-0.4, -0.2) is 33.3 Å². The first-order valence-corrected chi connectivity index (χ1v) is 8.18. The number of hydrogen-bond acceptors (Lipinski definition) is 3. The quantitative estimate of drug-likeness (QED) is 0.596. The molecule has 0 aliphatic heterocycles. The summed E-state index contributed by atoms with van der Waals surface area (Å²) in [5, 5.41) is 6.39. The number of anilines is 1. The molecule has 6 heteroatoms. The van der Waals surface area contributed by atoms with Gasteiger partial charge in [0.1, 0.15) is 5.82 Å². The SMILES string of the molecule is CCNC(=NCCc1ccccc1F)Nc1ccc(OC)c(OC)c1. The van der Waals surface area contributed by atoms with Gasteiger partial charge < -0.3 is 20.1 Å². The molecule has 0 aromatic heterocycles. The zero-order chi connectivity index (χ0) is 18.1. The van der Waals surface area contributed by atoms with Gasteiger partial charge in [-0.15, -0.1) is 0 Å². The minimum Gasteiger partial charge on any atom is -0.493 e. The van der Waals surface area contributed by atoms with Crippen LogP contribution in [0.25, 0.3) is 0 Å². The first kappa shape index (κ1) is 18.6. The largest absolute Gasteiger partial charge is 0.493 e. The number of nitrogens with zero attached hydrogens (tertiary/aromatic N) is 1. The summed E-state index contributed by atoms with van der Waals surface area (Å²) < 4.78 is 24.2. The maximum Gasteiger partial charge on any atom is 0.195 e. The standard InChI is InChI=1S/C19H24FN3O2/c1-4-21-19(22-12-11-14-7-5-6-8-16(14)20)23-15-9-10-17(24-2)18(13-15)25-3/h5-10,13H,4,11-12H2,1-3H3,(H2,21,22,23). The normalized spacial score (nSPS) is 11.1. The van der Waals surface area contributed by atoms with Gasteiger partial charge in [-0.05, 0) is 37.1 Å². The van der Waals surface area contributed by atoms with Gasteiger partial charge >= 0.3 is 0 Å². The molecule has 0 heterocycles. The van der Waals surface area contributed by atoms with E-state index >= 15 is 0 Å². The molecule has 0 atom stereocenters. The van der Waals surface area contributed by atoms with E-state index < -0.39 is 0 Å². The summed E-state index contributed by atoms with van der Waals surface area (Å²) in [5.74, 6) is 1.73. The molecule has 2 N–H and O–H groups in total. The number of rotatable bonds is 7. The smallest absolute Gasteiger partial charge is 0.195 e. The number of halogens is 1. The number of nitrogens with one attached hydrogen (secondary N) is 2. The predicted octanol–water partition coefficient (Wildman–Crippen LogP) is 3.46. The van der Waals surface area contributed by atoms with Gasteiger partial charge in [0.25, 0.3) is 0 Å². The van der Waals surface area contributed by atoms with Crippen LogP contribution in [0.1, 0.15) is 12.5 Å². The first-order valence-electron chi connectivity index (χ1n) is 8.18. The maximum absolute atomic E-state index is 13.7. The molecular weight excluding hydrogens is 321 g/mol. The summed E-state index contributed by atoms with van der Waals surface area (Å²) in [4.78, 5) is 4.50. The van der Waals surface area contributed by atoms with Crippen LogP contribution < -0.4 is 20.1 Å². The van der Waals surface area contributed by atoms with Crippen LogP contribution in [0.4, 0.5) is 10.1 Å². The van der Waals surface area contributed by atoms with E-state index in [0.29, 0.717) is 36.0 Å². The number of ether oxygens (including phenoxy) is 2. The number of aliphatic imine (C=N–C) groups is 1. The highest BCUT2D eigenvalue weighted by molar-refractivity contribution is 5.93. The highest BCUT2D eigenvalue weighted by atomic mass is 19.1. The zero-order valence-electron chi connectivity index (χ0n) is 14.8. The van der Waals surface area contributed by atoms with Crippen LogP contribution >= 0.6 is 0 Å². The highest BCUT2D eigenvalue weighted by Crippen LogP contribution is 2.29. The van der Waals surface area contributed by atoms with Crippen molar-refractivity contribution in [2.45, 2.75) is 13.3 Å². The lowest BCUT2D eigenvalue weighted by Gasteiger charge is -2.14. The van der Waals surface area contributed by atoms with E-state index in [1.165, 1.54) is 6.07 Å². The molecule has 0 saturated carbocycles. The Kier molecular flexibility index (Phi) is 7.07. The minimum absolute atomic E-state index is 0.199. The number of guanidine groups is 1. The van der Waals surface area contributed by atoms with E-state index in [9.17, 15) is 4.39 Å². The Morgan fingerprint density at radius 1 is 1.08 bits per heavy atom. The third-order valence-electron chi connectivity index (χ3n) is 3.60. The van der Waals surface area contributed by atoms with Crippen LogP contribution in [0.2, 0.25) is 0 Å². The Morgan fingerprint density at radius 2 is 1.84 bits per heavy atom. The van der Waals surface area contributed by atoms with Crippen LogP contribution in [0, 0.1) is 5.82 Å². The van der Waals surface area contributed by atoms with Crippen LogP contribution in [0.15, 0.2) is 47.5 Å². The van der Waals surface area contributed by atoms with E-state index in [-0.39, 0.29) is 5.82 Å². The van der Waals surface area contributed by atoms with Crippen molar-refractivity contribution >= 4 is 11.6 Å². The van der Waals surface area contributed by atoms with E-state index in [1.54, 1.807) is 26.4 Å². The highest BCUT2D eigenvalue weighted by Gasteiger charge is 2.06. The fourth-order valence-corrected chi connectivity index (χ4v) is 2.35. The van der Waals surface area contributed by atoms with Gasteiger partial charge in [-0.2, -0.15) is 0 Å². The van der Waals surface area contributed by atoms with Gasteiger partial charge in [-0.25, -0.2) is 4.39 Å². The maximum atomic E-state index is 13.7. The topological polar surface area (TPSA) is 54.9 Å². The Bertz CT molecular complexity index is 720. The molecule has 2 aromatic carbocycles. The molecule has 25 heavy (non-hydrogen) atoms. The monoisotopic (exact) mass is 345 g/mol. The Balaban J connectivity index is 2.06. The number of methoxy groups -OCH3 is 2. The Morgan fingerprint density at radius 3 is 2.52 bits per heavy atom. The molecule has 0 bridgehead atoms. The second kappa shape index (κ2) is 9.52. The zero-order valence-corrected chi connectivity index (χ0v) is 14.8. The molecule has 0 aliphatic rings. The lowest BCUT2D eigenvalue weighted by molar-refractivity contribution is 0.355. The van der Waals surface area contributed by atoms with Gasteiger partial charge in [0, 0.05) is 24.8 Å². The van der Waals surface area contributed by atoms with Crippen molar-refractivity contribution in [1.82, 2.24) is 5.32 Å². The fraction of sp³-hybridized carbons (Fsp3) is 0.316. The van der Waals surface area contributed by atoms with Gasteiger partial charge in [0.15, 0.2) is 17.5 Å². The molecular formula is C19H24FN3O2. The van der Waals surface area contributed by atoms with Crippen molar-refractivity contribution in [3.63, 3.8) is 0 Å². The molecule has 2 aromatic rings. The molecule has 5 nitrogen and oxygen atoms in total. The molecule has 0 fully saturated rings. The summed E-state index contributed by atoms with van der Waals surface area (Å²) in [6, 6.07) is 12.3. The van der Waals surface area contributed by atoms with Crippen molar-refractivity contribution in [3.05, 3.63) is 53.8 Å². The van der Waals surface area contributed by atoms with E-state index in [0.717, 1.165) is 12.2 Å². The first-order chi connectivity index (χ1) is 12.2. The second-order valence-electron chi connectivity index (χ2n) is 5.30. The van der Waals surface area contributed by atoms with E-state index in [4.69, 9.17) is 9.47 Å². The summed E-state index contributed by atoms with van der Waals surface area (Å²) in [5.41, 5.74) is 1.48. The molecule has 0 spiro atoms. The number of benzene rings is 2. The van der Waals surface area contributed by atoms with Gasteiger partial charge in [0.2, 0.25) is 0 Å². The second-order valence-corrected chi connectivity index (χ2v) is 5.30. The molecule has 0 unspecified atom stereocenters. The van der Waals surface area contributed by atoms with Gasteiger partial charge in [0.05, 0.1) is 14.2 Å². The average Bonchev–Trinajstić information content (AvgIpc) is 2.63. The third kappa shape index (κ3) is 5.38. The van der Waals surface area contributed by atoms with Crippen LogP contribution in [0.5, 0.6) is 11.5 Å². The molecule has 0 amide bonds. The molecule has 2 rings (SSSR count). The summed E-state index contributed by atoms with van der Waals surface area (Å²) in [7, 11) is 3.19. The van der Waals surface area contributed by atoms with Crippen LogP contribution in [0.3, 0.4) is 0 Å². The predicted molar refractivity (Wildman–Crippen MR) is 99.3 cm³/mol.